The van der Waals surface area contributed by atoms with Crippen LogP contribution in [0, 0.1) is 5.92 Å². The van der Waals surface area contributed by atoms with E-state index in [0.29, 0.717) is 5.91 Å². The third kappa shape index (κ3) is 4.76. The Bertz CT molecular complexity index is 764. The number of hydrogen-bond acceptors (Lipinski definition) is 3. The predicted molar refractivity (Wildman–Crippen MR) is 117 cm³/mol. The van der Waals surface area contributed by atoms with Crippen LogP contribution in [0.4, 0.5) is 5.69 Å². The molecule has 28 heavy (non-hydrogen) atoms. The van der Waals surface area contributed by atoms with Gasteiger partial charge in [0.05, 0.1) is 0 Å². The smallest absolute Gasteiger partial charge is 0.225 e. The summed E-state index contributed by atoms with van der Waals surface area (Å²) in [6.07, 6.45) is 1.96. The molecule has 0 bridgehead atoms. The summed E-state index contributed by atoms with van der Waals surface area (Å²) in [5.41, 5.74) is 2.60. The van der Waals surface area contributed by atoms with Gasteiger partial charge in [0.25, 0.3) is 0 Å². The predicted octanol–water partition coefficient (Wildman–Crippen LogP) is 4.01. The van der Waals surface area contributed by atoms with Crippen LogP contribution in [0.15, 0.2) is 59.1 Å². The summed E-state index contributed by atoms with van der Waals surface area (Å²) in [5, 5.41) is 0. The molecule has 2 fully saturated rings. The molecule has 2 aliphatic heterocycles. The number of halogens is 1. The summed E-state index contributed by atoms with van der Waals surface area (Å²) in [6, 6.07) is 19.1. The quantitative estimate of drug-likeness (QED) is 0.716. The number of nitrogens with zero attached hydrogens (tertiary/aromatic N) is 3. The van der Waals surface area contributed by atoms with Gasteiger partial charge in [-0.1, -0.05) is 46.3 Å². The van der Waals surface area contributed by atoms with E-state index in [0.717, 1.165) is 63.1 Å². The summed E-state index contributed by atoms with van der Waals surface area (Å²) in [6.45, 7) is 6.53. The van der Waals surface area contributed by atoms with Crippen LogP contribution in [0.5, 0.6) is 0 Å². The summed E-state index contributed by atoms with van der Waals surface area (Å²) >= 11 is 3.49. The van der Waals surface area contributed by atoms with Gasteiger partial charge in [0.15, 0.2) is 0 Å². The third-order valence-electron chi connectivity index (χ3n) is 5.97. The molecule has 5 heteroatoms. The van der Waals surface area contributed by atoms with Crippen molar-refractivity contribution in [1.29, 1.82) is 0 Å². The normalized spacial score (nSPS) is 19.0. The van der Waals surface area contributed by atoms with E-state index in [1.807, 2.05) is 6.07 Å². The second kappa shape index (κ2) is 9.10. The molecule has 0 N–H and O–H groups in total. The Kier molecular flexibility index (Phi) is 6.33. The number of carbonyl (C=O) groups is 1. The highest BCUT2D eigenvalue weighted by molar-refractivity contribution is 9.10. The van der Waals surface area contributed by atoms with Crippen molar-refractivity contribution in [1.82, 2.24) is 9.80 Å². The number of piperazine rings is 1. The molecule has 0 aromatic heterocycles. The van der Waals surface area contributed by atoms with Crippen molar-refractivity contribution in [3.05, 3.63) is 64.6 Å². The van der Waals surface area contributed by atoms with Crippen molar-refractivity contribution in [2.45, 2.75) is 19.4 Å². The zero-order valence-corrected chi connectivity index (χ0v) is 17.9. The number of rotatable bonds is 4. The first-order valence-corrected chi connectivity index (χ1v) is 11.0. The average Bonchev–Trinajstić information content (AvgIpc) is 2.76. The Balaban J connectivity index is 1.24. The first-order chi connectivity index (χ1) is 13.7. The van der Waals surface area contributed by atoms with Crippen molar-refractivity contribution < 1.29 is 4.79 Å². The van der Waals surface area contributed by atoms with Gasteiger partial charge in [0.1, 0.15) is 0 Å². The van der Waals surface area contributed by atoms with Gasteiger partial charge in [0, 0.05) is 48.8 Å². The van der Waals surface area contributed by atoms with Crippen molar-refractivity contribution in [2.24, 2.45) is 5.92 Å². The lowest BCUT2D eigenvalue weighted by molar-refractivity contribution is -0.137. The molecule has 0 aliphatic carbocycles. The molecule has 4 nitrogen and oxygen atoms in total. The molecule has 148 valence electrons. The molecule has 2 aromatic carbocycles. The third-order valence-corrected chi connectivity index (χ3v) is 6.50. The van der Waals surface area contributed by atoms with Gasteiger partial charge in [-0.2, -0.15) is 0 Å². The van der Waals surface area contributed by atoms with E-state index < -0.39 is 0 Å². The van der Waals surface area contributed by atoms with E-state index in [-0.39, 0.29) is 5.92 Å². The number of amides is 1. The highest BCUT2D eigenvalue weighted by Crippen LogP contribution is 2.23. The molecular formula is C23H28BrN3O. The zero-order chi connectivity index (χ0) is 19.3. The van der Waals surface area contributed by atoms with Crippen molar-refractivity contribution in [3.8, 4) is 0 Å². The Morgan fingerprint density at radius 1 is 0.857 bits per heavy atom. The van der Waals surface area contributed by atoms with Crippen molar-refractivity contribution in [3.63, 3.8) is 0 Å². The lowest BCUT2D eigenvalue weighted by Crippen LogP contribution is -2.51. The van der Waals surface area contributed by atoms with E-state index >= 15 is 0 Å². The number of anilines is 1. The van der Waals surface area contributed by atoms with E-state index in [2.05, 4.69) is 79.2 Å². The topological polar surface area (TPSA) is 26.8 Å². The van der Waals surface area contributed by atoms with Crippen molar-refractivity contribution >= 4 is 27.5 Å². The average molecular weight is 442 g/mol. The fourth-order valence-electron chi connectivity index (χ4n) is 4.27. The van der Waals surface area contributed by atoms with Crippen LogP contribution >= 0.6 is 15.9 Å². The Labute approximate surface area is 176 Å². The highest BCUT2D eigenvalue weighted by Gasteiger charge is 2.30. The molecule has 0 unspecified atom stereocenters. The largest absolute Gasteiger partial charge is 0.368 e. The molecule has 0 radical (unpaired) electrons. The van der Waals surface area contributed by atoms with Gasteiger partial charge in [-0.25, -0.2) is 0 Å². The molecule has 4 rings (SSSR count). The maximum Gasteiger partial charge on any atom is 0.225 e. The van der Waals surface area contributed by atoms with E-state index in [4.69, 9.17) is 0 Å². The number of piperidine rings is 1. The van der Waals surface area contributed by atoms with Gasteiger partial charge in [-0.05, 0) is 55.8 Å². The standard InChI is InChI=1S/C23H28BrN3O/c24-21-8-6-19(7-9-21)18-25-12-10-20(11-13-25)23(28)27-16-14-26(15-17-27)22-4-2-1-3-5-22/h1-9,20H,10-18H2. The van der Waals surface area contributed by atoms with E-state index in [9.17, 15) is 4.79 Å². The lowest BCUT2D eigenvalue weighted by atomic mass is 9.94. The molecule has 2 saturated heterocycles. The van der Waals surface area contributed by atoms with E-state index in [1.54, 1.807) is 0 Å². The summed E-state index contributed by atoms with van der Waals surface area (Å²) in [7, 11) is 0. The number of hydrogen-bond donors (Lipinski definition) is 0. The minimum absolute atomic E-state index is 0.199. The summed E-state index contributed by atoms with van der Waals surface area (Å²) in [5.74, 6) is 0.570. The van der Waals surface area contributed by atoms with Crippen LogP contribution in [0.3, 0.4) is 0 Å². The van der Waals surface area contributed by atoms with E-state index in [1.165, 1.54) is 11.3 Å². The number of carbonyl (C=O) groups excluding carboxylic acids is 1. The number of likely N-dealkylation sites (tertiary alicyclic amines) is 1. The molecule has 0 atom stereocenters. The maximum absolute atomic E-state index is 13.0. The second-order valence-corrected chi connectivity index (χ2v) is 8.74. The first kappa shape index (κ1) is 19.5. The fraction of sp³-hybridized carbons (Fsp3) is 0.435. The van der Waals surface area contributed by atoms with Crippen LogP contribution in [0.1, 0.15) is 18.4 Å². The van der Waals surface area contributed by atoms with Gasteiger partial charge >= 0.3 is 0 Å². The van der Waals surface area contributed by atoms with Crippen LogP contribution in [0.25, 0.3) is 0 Å². The van der Waals surface area contributed by atoms with Crippen molar-refractivity contribution in [2.75, 3.05) is 44.2 Å². The zero-order valence-electron chi connectivity index (χ0n) is 16.3. The highest BCUT2D eigenvalue weighted by atomic mass is 79.9. The Morgan fingerprint density at radius 2 is 1.50 bits per heavy atom. The van der Waals surface area contributed by atoms with Crippen LogP contribution in [-0.2, 0) is 11.3 Å². The Morgan fingerprint density at radius 3 is 2.14 bits per heavy atom. The molecule has 1 amide bonds. The van der Waals surface area contributed by atoms with Gasteiger partial charge in [-0.3, -0.25) is 9.69 Å². The minimum Gasteiger partial charge on any atom is -0.368 e. The SMILES string of the molecule is O=C(C1CCN(Cc2ccc(Br)cc2)CC1)N1CCN(c2ccccc2)CC1. The van der Waals surface area contributed by atoms with Crippen LogP contribution in [-0.4, -0.2) is 55.0 Å². The second-order valence-electron chi connectivity index (χ2n) is 7.82. The molecule has 0 saturated carbocycles. The van der Waals surface area contributed by atoms with Gasteiger partial charge in [0.2, 0.25) is 5.91 Å². The molecular weight excluding hydrogens is 414 g/mol. The summed E-state index contributed by atoms with van der Waals surface area (Å²) in [4.78, 5) is 19.9. The van der Waals surface area contributed by atoms with Crippen LogP contribution < -0.4 is 4.90 Å². The molecule has 2 aliphatic rings. The molecule has 0 spiro atoms. The lowest BCUT2D eigenvalue weighted by Gasteiger charge is -2.39. The molecule has 2 aromatic rings. The Hall–Kier alpha value is -1.85. The first-order valence-electron chi connectivity index (χ1n) is 10.2. The van der Waals surface area contributed by atoms with Gasteiger partial charge in [-0.15, -0.1) is 0 Å². The maximum atomic E-state index is 13.0. The monoisotopic (exact) mass is 441 g/mol. The number of benzene rings is 2. The number of para-hydroxylation sites is 1. The summed E-state index contributed by atoms with van der Waals surface area (Å²) < 4.78 is 1.12. The van der Waals surface area contributed by atoms with Crippen LogP contribution in [0.2, 0.25) is 0 Å². The fourth-order valence-corrected chi connectivity index (χ4v) is 4.53. The van der Waals surface area contributed by atoms with Gasteiger partial charge < -0.3 is 9.80 Å². The molecule has 2 heterocycles. The minimum atomic E-state index is 0.199.